The summed E-state index contributed by atoms with van der Waals surface area (Å²) in [5.74, 6) is -2.70. The quantitative estimate of drug-likeness (QED) is 0.748. The maximum atomic E-state index is 14.0. The number of carbonyl (C=O) groups excluding carboxylic acids is 1. The van der Waals surface area contributed by atoms with E-state index in [0.717, 1.165) is 12.1 Å². The van der Waals surface area contributed by atoms with Crippen molar-refractivity contribution in [3.8, 4) is 5.75 Å². The number of hydrogen-bond donors (Lipinski definition) is 1. The highest BCUT2D eigenvalue weighted by molar-refractivity contribution is 5.94. The zero-order chi connectivity index (χ0) is 23.2. The van der Waals surface area contributed by atoms with Gasteiger partial charge in [-0.3, -0.25) is 19.8 Å². The van der Waals surface area contributed by atoms with Crippen molar-refractivity contribution in [2.24, 2.45) is 0 Å². The van der Waals surface area contributed by atoms with Gasteiger partial charge in [0, 0.05) is 44.0 Å². The molecule has 1 N–H and O–H groups in total. The van der Waals surface area contributed by atoms with Crippen molar-refractivity contribution in [2.75, 3.05) is 27.8 Å². The highest BCUT2D eigenvalue weighted by Gasteiger charge is 2.49. The molecule has 0 bridgehead atoms. The van der Waals surface area contributed by atoms with E-state index in [4.69, 9.17) is 9.47 Å². The first-order valence-electron chi connectivity index (χ1n) is 10.3. The van der Waals surface area contributed by atoms with Crippen LogP contribution in [0.3, 0.4) is 0 Å². The first-order valence-corrected chi connectivity index (χ1v) is 10.3. The van der Waals surface area contributed by atoms with E-state index in [1.165, 1.54) is 31.3 Å². The zero-order valence-electron chi connectivity index (χ0n) is 18.4. The number of carbonyl (C=O) groups is 1. The Morgan fingerprint density at radius 3 is 2.81 bits per heavy atom. The number of amides is 1. The summed E-state index contributed by atoms with van der Waals surface area (Å²) in [6.45, 7) is 3.20. The molecule has 0 radical (unpaired) electrons. The molecule has 0 saturated carbocycles. The third-order valence-electron chi connectivity index (χ3n) is 6.20. The number of pyridine rings is 1. The molecule has 4 rings (SSSR count). The minimum atomic E-state index is -0.757. The summed E-state index contributed by atoms with van der Waals surface area (Å²) in [7, 11) is 4.65. The predicted molar refractivity (Wildman–Crippen MR) is 112 cm³/mol. The van der Waals surface area contributed by atoms with E-state index >= 15 is 0 Å². The number of nitrogens with zero attached hydrogens (tertiary/aromatic N) is 3. The van der Waals surface area contributed by atoms with Crippen molar-refractivity contribution in [1.29, 1.82) is 0 Å². The molecule has 172 valence electrons. The summed E-state index contributed by atoms with van der Waals surface area (Å²) in [5, 5.41) is 3.21. The number of ether oxygens (including phenoxy) is 2. The summed E-state index contributed by atoms with van der Waals surface area (Å²) in [5.41, 5.74) is 0.177. The van der Waals surface area contributed by atoms with Gasteiger partial charge in [-0.15, -0.1) is 0 Å². The number of nitrogens with one attached hydrogen (secondary N) is 1. The lowest BCUT2D eigenvalue weighted by atomic mass is 10.1. The first-order chi connectivity index (χ1) is 15.2. The van der Waals surface area contributed by atoms with Crippen molar-refractivity contribution >= 4 is 5.91 Å². The van der Waals surface area contributed by atoms with Gasteiger partial charge in [-0.2, -0.15) is 0 Å². The summed E-state index contributed by atoms with van der Waals surface area (Å²) in [6, 6.07) is 3.29. The van der Waals surface area contributed by atoms with Gasteiger partial charge >= 0.3 is 0 Å². The van der Waals surface area contributed by atoms with Crippen LogP contribution in [-0.4, -0.2) is 60.0 Å². The zero-order valence-corrected chi connectivity index (χ0v) is 18.4. The van der Waals surface area contributed by atoms with Crippen molar-refractivity contribution in [1.82, 2.24) is 19.7 Å². The Hall–Kier alpha value is -2.82. The van der Waals surface area contributed by atoms with E-state index in [9.17, 15) is 18.4 Å². The van der Waals surface area contributed by atoms with Crippen LogP contribution in [0.4, 0.5) is 8.78 Å². The van der Waals surface area contributed by atoms with Crippen molar-refractivity contribution in [3.05, 3.63) is 63.1 Å². The number of methoxy groups -OCH3 is 1. The second-order valence-electron chi connectivity index (χ2n) is 8.20. The number of halogens is 2. The van der Waals surface area contributed by atoms with Crippen molar-refractivity contribution in [2.45, 2.75) is 38.4 Å². The summed E-state index contributed by atoms with van der Waals surface area (Å²) >= 11 is 0. The Kier molecular flexibility index (Phi) is 5.78. The number of benzene rings is 1. The van der Waals surface area contributed by atoms with Gasteiger partial charge < -0.3 is 18.9 Å². The molecule has 2 atom stereocenters. The number of likely N-dealkylation sites (N-methyl/N-ethyl adjacent to an activating group) is 1. The highest BCUT2D eigenvalue weighted by Crippen LogP contribution is 2.35. The van der Waals surface area contributed by atoms with Gasteiger partial charge in [-0.1, -0.05) is 6.07 Å². The van der Waals surface area contributed by atoms with Gasteiger partial charge in [0.2, 0.25) is 5.43 Å². The standard InChI is InChI=1S/C22H26F2N4O4/c1-13-11-32-22(25-2)12-27-9-16(19(29)20(31-4)18(27)10-28(13)22)21(30)26(3)8-14-5-6-15(23)7-17(14)24/h5-7,9,13,25H,8,10-12H2,1-4H3/t13-,22-/m0/s1. The van der Waals surface area contributed by atoms with Crippen LogP contribution < -0.4 is 15.5 Å². The fourth-order valence-corrected chi connectivity index (χ4v) is 4.42. The minimum Gasteiger partial charge on any atom is -0.491 e. The second-order valence-corrected chi connectivity index (χ2v) is 8.20. The van der Waals surface area contributed by atoms with Crippen LogP contribution in [0.2, 0.25) is 0 Å². The molecule has 32 heavy (non-hydrogen) atoms. The van der Waals surface area contributed by atoms with Crippen LogP contribution in [0.1, 0.15) is 28.5 Å². The average Bonchev–Trinajstić information content (AvgIpc) is 3.09. The predicted octanol–water partition coefficient (Wildman–Crippen LogP) is 1.51. The molecule has 1 fully saturated rings. The molecule has 1 saturated heterocycles. The molecule has 0 unspecified atom stereocenters. The van der Waals surface area contributed by atoms with Crippen LogP contribution >= 0.6 is 0 Å². The van der Waals surface area contributed by atoms with E-state index < -0.39 is 28.8 Å². The summed E-state index contributed by atoms with van der Waals surface area (Å²) in [6.07, 6.45) is 1.50. The Balaban J connectivity index is 1.70. The normalized spacial score (nSPS) is 22.4. The van der Waals surface area contributed by atoms with Crippen LogP contribution in [0.15, 0.2) is 29.2 Å². The van der Waals surface area contributed by atoms with Crippen LogP contribution in [-0.2, 0) is 24.4 Å². The Morgan fingerprint density at radius 2 is 2.16 bits per heavy atom. The lowest BCUT2D eigenvalue weighted by Crippen LogP contribution is -2.61. The largest absolute Gasteiger partial charge is 0.491 e. The van der Waals surface area contributed by atoms with Gasteiger partial charge in [0.15, 0.2) is 11.6 Å². The molecule has 0 aliphatic carbocycles. The Labute approximate surface area is 184 Å². The van der Waals surface area contributed by atoms with Crippen LogP contribution in [0.5, 0.6) is 5.75 Å². The number of rotatable bonds is 5. The van der Waals surface area contributed by atoms with E-state index in [-0.39, 0.29) is 29.5 Å². The summed E-state index contributed by atoms with van der Waals surface area (Å²) in [4.78, 5) is 29.6. The third kappa shape index (κ3) is 3.58. The van der Waals surface area contributed by atoms with Gasteiger partial charge in [-0.25, -0.2) is 8.78 Å². The van der Waals surface area contributed by atoms with E-state index in [1.807, 2.05) is 6.92 Å². The van der Waals surface area contributed by atoms with Gasteiger partial charge in [0.1, 0.15) is 17.2 Å². The minimum absolute atomic E-state index is 0.0960. The molecule has 0 spiro atoms. The molecule has 10 heteroatoms. The lowest BCUT2D eigenvalue weighted by Gasteiger charge is -2.43. The highest BCUT2D eigenvalue weighted by atomic mass is 19.1. The fourth-order valence-electron chi connectivity index (χ4n) is 4.42. The molecular weight excluding hydrogens is 422 g/mol. The molecule has 2 aromatic rings. The van der Waals surface area contributed by atoms with E-state index in [2.05, 4.69) is 10.2 Å². The van der Waals surface area contributed by atoms with Crippen molar-refractivity contribution in [3.63, 3.8) is 0 Å². The topological polar surface area (TPSA) is 76.0 Å². The Bertz CT molecular complexity index is 1120. The molecule has 1 aromatic heterocycles. The second kappa shape index (κ2) is 8.27. The van der Waals surface area contributed by atoms with E-state index in [1.54, 1.807) is 11.6 Å². The van der Waals surface area contributed by atoms with Gasteiger partial charge in [0.05, 0.1) is 26.0 Å². The van der Waals surface area contributed by atoms with Gasteiger partial charge in [0.25, 0.3) is 5.91 Å². The molecule has 2 aliphatic heterocycles. The monoisotopic (exact) mass is 448 g/mol. The smallest absolute Gasteiger partial charge is 0.259 e. The van der Waals surface area contributed by atoms with Crippen LogP contribution in [0.25, 0.3) is 0 Å². The SMILES string of the molecule is CN[C@@]12Cn3cc(C(=O)N(C)Cc4ccc(F)cc4F)c(=O)c(OC)c3CN1[C@@H](C)CO2. The van der Waals surface area contributed by atoms with Crippen LogP contribution in [0, 0.1) is 11.6 Å². The third-order valence-corrected chi connectivity index (χ3v) is 6.20. The van der Waals surface area contributed by atoms with E-state index in [0.29, 0.717) is 25.4 Å². The number of fused-ring (bicyclic) bond motifs is 2. The molecule has 1 aromatic carbocycles. The number of hydrogen-bond acceptors (Lipinski definition) is 6. The average molecular weight is 448 g/mol. The van der Waals surface area contributed by atoms with Crippen molar-refractivity contribution < 1.29 is 23.0 Å². The summed E-state index contributed by atoms with van der Waals surface area (Å²) < 4.78 is 40.5. The van der Waals surface area contributed by atoms with Gasteiger partial charge in [-0.05, 0) is 20.0 Å². The molecular formula is C22H26F2N4O4. The molecule has 8 nitrogen and oxygen atoms in total. The fraction of sp³-hybridized carbons (Fsp3) is 0.455. The molecule has 2 aliphatic rings. The Morgan fingerprint density at radius 1 is 1.41 bits per heavy atom. The maximum absolute atomic E-state index is 14.0. The number of aromatic nitrogens is 1. The maximum Gasteiger partial charge on any atom is 0.259 e. The molecule has 1 amide bonds. The molecule has 3 heterocycles. The first kappa shape index (κ1) is 22.4. The lowest BCUT2D eigenvalue weighted by molar-refractivity contribution is -0.135.